The fraction of sp³-hybridized carbons (Fsp3) is 0.667. The van der Waals surface area contributed by atoms with E-state index < -0.39 is 0 Å². The lowest BCUT2D eigenvalue weighted by Crippen LogP contribution is -2.37. The first-order valence-corrected chi connectivity index (χ1v) is 8.73. The molecular formula is C18H29N3O. The smallest absolute Gasteiger partial charge is 0.0642 e. The fourth-order valence-electron chi connectivity index (χ4n) is 3.57. The van der Waals surface area contributed by atoms with Gasteiger partial charge in [0, 0.05) is 37.9 Å². The molecule has 0 bridgehead atoms. The molecule has 0 radical (unpaired) electrons. The van der Waals surface area contributed by atoms with Crippen LogP contribution in [0.5, 0.6) is 0 Å². The average molecular weight is 303 g/mol. The largest absolute Gasteiger partial charge is 0.378 e. The van der Waals surface area contributed by atoms with Crippen LogP contribution in [-0.4, -0.2) is 56.9 Å². The Bertz CT molecular complexity index is 442. The highest BCUT2D eigenvalue weighted by Gasteiger charge is 2.22. The molecule has 2 heterocycles. The van der Waals surface area contributed by atoms with Gasteiger partial charge in [0.2, 0.25) is 0 Å². The van der Waals surface area contributed by atoms with E-state index in [0.29, 0.717) is 0 Å². The normalized spacial score (nSPS) is 23.1. The number of ether oxygens (including phenoxy) is 1. The Balaban J connectivity index is 1.45. The number of likely N-dealkylation sites (tertiary alicyclic amines) is 1. The molecule has 22 heavy (non-hydrogen) atoms. The zero-order valence-corrected chi connectivity index (χ0v) is 13.8. The van der Waals surface area contributed by atoms with Crippen molar-refractivity contribution in [3.05, 3.63) is 29.8 Å². The minimum absolute atomic E-state index is 0.734. The standard InChI is InChI=1S/C18H29N3O/c1-2-20-9-3-4-18(20)15-19-14-16-5-7-17(8-6-16)21-10-12-22-13-11-21/h5-8,18-19H,2-4,9-15H2,1H3. The number of hydrogen-bond donors (Lipinski definition) is 1. The third-order valence-electron chi connectivity index (χ3n) is 4.93. The maximum atomic E-state index is 5.41. The third kappa shape index (κ3) is 4.00. The Hall–Kier alpha value is -1.10. The first kappa shape index (κ1) is 15.8. The van der Waals surface area contributed by atoms with Crippen molar-refractivity contribution in [3.8, 4) is 0 Å². The van der Waals surface area contributed by atoms with Gasteiger partial charge in [-0.1, -0.05) is 19.1 Å². The van der Waals surface area contributed by atoms with Crippen LogP contribution in [0.1, 0.15) is 25.3 Å². The molecule has 2 saturated heterocycles. The van der Waals surface area contributed by atoms with Crippen molar-refractivity contribution in [2.24, 2.45) is 0 Å². The number of likely N-dealkylation sites (N-methyl/N-ethyl adjacent to an activating group) is 1. The minimum Gasteiger partial charge on any atom is -0.378 e. The fourth-order valence-corrected chi connectivity index (χ4v) is 3.57. The van der Waals surface area contributed by atoms with E-state index in [1.807, 2.05) is 0 Å². The van der Waals surface area contributed by atoms with Crippen LogP contribution < -0.4 is 10.2 Å². The van der Waals surface area contributed by atoms with Crippen molar-refractivity contribution in [2.75, 3.05) is 50.8 Å². The summed E-state index contributed by atoms with van der Waals surface area (Å²) in [6.45, 7) is 10.5. The van der Waals surface area contributed by atoms with Gasteiger partial charge in [-0.05, 0) is 43.6 Å². The lowest BCUT2D eigenvalue weighted by Gasteiger charge is -2.29. The average Bonchev–Trinajstić information content (AvgIpc) is 3.04. The molecule has 4 nitrogen and oxygen atoms in total. The maximum absolute atomic E-state index is 5.41. The minimum atomic E-state index is 0.734. The predicted molar refractivity (Wildman–Crippen MR) is 91.4 cm³/mol. The van der Waals surface area contributed by atoms with Crippen molar-refractivity contribution in [1.82, 2.24) is 10.2 Å². The van der Waals surface area contributed by atoms with Gasteiger partial charge in [0.05, 0.1) is 13.2 Å². The van der Waals surface area contributed by atoms with Gasteiger partial charge < -0.3 is 15.0 Å². The topological polar surface area (TPSA) is 27.7 Å². The van der Waals surface area contributed by atoms with Crippen molar-refractivity contribution in [2.45, 2.75) is 32.4 Å². The van der Waals surface area contributed by atoms with Gasteiger partial charge in [0.25, 0.3) is 0 Å². The van der Waals surface area contributed by atoms with Gasteiger partial charge in [-0.15, -0.1) is 0 Å². The Kier molecular flexibility index (Phi) is 5.70. The Morgan fingerprint density at radius 3 is 2.64 bits per heavy atom. The van der Waals surface area contributed by atoms with E-state index >= 15 is 0 Å². The van der Waals surface area contributed by atoms with Gasteiger partial charge in [-0.2, -0.15) is 0 Å². The summed E-state index contributed by atoms with van der Waals surface area (Å²) in [6, 6.07) is 9.73. The van der Waals surface area contributed by atoms with E-state index in [1.165, 1.54) is 37.2 Å². The molecule has 122 valence electrons. The van der Waals surface area contributed by atoms with Crippen LogP contribution in [0.3, 0.4) is 0 Å². The van der Waals surface area contributed by atoms with Crippen LogP contribution >= 0.6 is 0 Å². The van der Waals surface area contributed by atoms with E-state index in [1.54, 1.807) is 0 Å². The molecule has 2 fully saturated rings. The summed E-state index contributed by atoms with van der Waals surface area (Å²) in [5, 5.41) is 3.63. The highest BCUT2D eigenvalue weighted by Crippen LogP contribution is 2.18. The van der Waals surface area contributed by atoms with Gasteiger partial charge in [0.1, 0.15) is 0 Å². The second-order valence-corrected chi connectivity index (χ2v) is 6.32. The first-order chi connectivity index (χ1) is 10.9. The quantitative estimate of drug-likeness (QED) is 0.871. The number of nitrogens with one attached hydrogen (secondary N) is 1. The van der Waals surface area contributed by atoms with Gasteiger partial charge in [0.15, 0.2) is 0 Å². The Labute approximate surface area is 134 Å². The molecule has 1 N–H and O–H groups in total. The van der Waals surface area contributed by atoms with E-state index in [-0.39, 0.29) is 0 Å². The monoisotopic (exact) mass is 303 g/mol. The second-order valence-electron chi connectivity index (χ2n) is 6.32. The summed E-state index contributed by atoms with van der Waals surface area (Å²) >= 11 is 0. The van der Waals surface area contributed by atoms with Crippen LogP contribution in [0, 0.1) is 0 Å². The number of nitrogens with zero attached hydrogens (tertiary/aromatic N) is 2. The molecule has 0 saturated carbocycles. The van der Waals surface area contributed by atoms with Crippen molar-refractivity contribution >= 4 is 5.69 Å². The predicted octanol–water partition coefficient (Wildman–Crippen LogP) is 2.10. The molecule has 0 aliphatic carbocycles. The third-order valence-corrected chi connectivity index (χ3v) is 4.93. The van der Waals surface area contributed by atoms with Gasteiger partial charge in [-0.25, -0.2) is 0 Å². The number of hydrogen-bond acceptors (Lipinski definition) is 4. The van der Waals surface area contributed by atoms with Crippen molar-refractivity contribution in [1.29, 1.82) is 0 Å². The molecule has 0 amide bonds. The zero-order valence-electron chi connectivity index (χ0n) is 13.8. The summed E-state index contributed by atoms with van der Waals surface area (Å²) < 4.78 is 5.41. The van der Waals surface area contributed by atoms with E-state index in [4.69, 9.17) is 4.74 Å². The Morgan fingerprint density at radius 1 is 1.14 bits per heavy atom. The first-order valence-electron chi connectivity index (χ1n) is 8.73. The summed E-state index contributed by atoms with van der Waals surface area (Å²) in [6.07, 6.45) is 2.70. The molecule has 0 spiro atoms. The molecule has 2 aliphatic heterocycles. The Morgan fingerprint density at radius 2 is 1.91 bits per heavy atom. The molecule has 1 aromatic carbocycles. The van der Waals surface area contributed by atoms with E-state index in [0.717, 1.165) is 45.4 Å². The number of anilines is 1. The van der Waals surface area contributed by atoms with Crippen LogP contribution in [0.15, 0.2) is 24.3 Å². The molecule has 0 aromatic heterocycles. The molecule has 3 rings (SSSR count). The molecular weight excluding hydrogens is 274 g/mol. The molecule has 1 aromatic rings. The van der Waals surface area contributed by atoms with Crippen LogP contribution in [-0.2, 0) is 11.3 Å². The van der Waals surface area contributed by atoms with Crippen molar-refractivity contribution in [3.63, 3.8) is 0 Å². The molecule has 1 atom stereocenters. The van der Waals surface area contributed by atoms with Gasteiger partial charge in [-0.3, -0.25) is 4.90 Å². The second kappa shape index (κ2) is 7.95. The number of morpholine rings is 1. The van der Waals surface area contributed by atoms with E-state index in [2.05, 4.69) is 46.3 Å². The lowest BCUT2D eigenvalue weighted by atomic mass is 10.1. The van der Waals surface area contributed by atoms with Crippen LogP contribution in [0.2, 0.25) is 0 Å². The summed E-state index contributed by atoms with van der Waals surface area (Å²) in [7, 11) is 0. The van der Waals surface area contributed by atoms with Crippen LogP contribution in [0.4, 0.5) is 5.69 Å². The number of rotatable bonds is 6. The number of benzene rings is 1. The summed E-state index contributed by atoms with van der Waals surface area (Å²) in [5.41, 5.74) is 2.69. The SMILES string of the molecule is CCN1CCCC1CNCc1ccc(N2CCOCC2)cc1. The van der Waals surface area contributed by atoms with E-state index in [9.17, 15) is 0 Å². The van der Waals surface area contributed by atoms with Crippen molar-refractivity contribution < 1.29 is 4.74 Å². The highest BCUT2D eigenvalue weighted by molar-refractivity contribution is 5.47. The lowest BCUT2D eigenvalue weighted by molar-refractivity contribution is 0.122. The van der Waals surface area contributed by atoms with Gasteiger partial charge >= 0.3 is 0 Å². The summed E-state index contributed by atoms with van der Waals surface area (Å²) in [5.74, 6) is 0. The molecule has 4 heteroatoms. The highest BCUT2D eigenvalue weighted by atomic mass is 16.5. The summed E-state index contributed by atoms with van der Waals surface area (Å²) in [4.78, 5) is 4.99. The maximum Gasteiger partial charge on any atom is 0.0642 e. The van der Waals surface area contributed by atoms with Crippen LogP contribution in [0.25, 0.3) is 0 Å². The zero-order chi connectivity index (χ0) is 15.2. The molecule has 1 unspecified atom stereocenters. The molecule has 2 aliphatic rings.